The number of rotatable bonds is 2. The fourth-order valence-corrected chi connectivity index (χ4v) is 8.68. The molecule has 1 aromatic heterocycles. The van der Waals surface area contributed by atoms with Crippen molar-refractivity contribution in [2.45, 2.75) is 19.3 Å². The summed E-state index contributed by atoms with van der Waals surface area (Å²) in [7, 11) is 0. The van der Waals surface area contributed by atoms with Crippen LogP contribution in [0.25, 0.3) is 75.1 Å². The van der Waals surface area contributed by atoms with Gasteiger partial charge in [-0.2, -0.15) is 0 Å². The molecule has 8 aromatic rings. The van der Waals surface area contributed by atoms with Gasteiger partial charge in [0.15, 0.2) is 0 Å². The van der Waals surface area contributed by atoms with E-state index in [0.717, 1.165) is 0 Å². The van der Waals surface area contributed by atoms with Gasteiger partial charge >= 0.3 is 0 Å². The molecule has 0 amide bonds. The molecule has 0 spiro atoms. The SMILES string of the molecule is CC1(C)c2ccccc2-c2c1cc(-c1c3ccccc3c(-c3cc4ccccc4s3)c3ccccc13)c1ccccc21. The fourth-order valence-electron chi connectivity index (χ4n) is 7.55. The molecular formula is C41H28S. The molecule has 198 valence electrons. The van der Waals surface area contributed by atoms with Gasteiger partial charge in [0.2, 0.25) is 0 Å². The van der Waals surface area contributed by atoms with E-state index in [2.05, 4.69) is 147 Å². The molecule has 0 saturated heterocycles. The second-order valence-corrected chi connectivity index (χ2v) is 13.1. The quantitative estimate of drug-likeness (QED) is 0.187. The van der Waals surface area contributed by atoms with Gasteiger partial charge in [-0.3, -0.25) is 0 Å². The molecule has 0 fully saturated rings. The predicted octanol–water partition coefficient (Wildman–Crippen LogP) is 12.0. The molecule has 9 rings (SSSR count). The summed E-state index contributed by atoms with van der Waals surface area (Å²) in [6.07, 6.45) is 0. The first-order chi connectivity index (χ1) is 20.6. The molecule has 1 aliphatic rings. The van der Waals surface area contributed by atoms with Gasteiger partial charge in [0, 0.05) is 20.6 Å². The van der Waals surface area contributed by atoms with Crippen LogP contribution < -0.4 is 0 Å². The van der Waals surface area contributed by atoms with Gasteiger partial charge < -0.3 is 0 Å². The van der Waals surface area contributed by atoms with Crippen LogP contribution in [0, 0.1) is 0 Å². The zero-order valence-corrected chi connectivity index (χ0v) is 24.4. The summed E-state index contributed by atoms with van der Waals surface area (Å²) < 4.78 is 1.33. The molecule has 7 aromatic carbocycles. The zero-order chi connectivity index (χ0) is 28.0. The van der Waals surface area contributed by atoms with Crippen LogP contribution in [0.3, 0.4) is 0 Å². The molecule has 0 saturated carbocycles. The van der Waals surface area contributed by atoms with E-state index in [-0.39, 0.29) is 5.41 Å². The Morgan fingerprint density at radius 1 is 0.429 bits per heavy atom. The van der Waals surface area contributed by atoms with Crippen molar-refractivity contribution < 1.29 is 0 Å². The summed E-state index contributed by atoms with van der Waals surface area (Å²) >= 11 is 1.89. The molecule has 1 aliphatic carbocycles. The van der Waals surface area contributed by atoms with Crippen molar-refractivity contribution in [1.29, 1.82) is 0 Å². The van der Waals surface area contributed by atoms with E-state index < -0.39 is 0 Å². The summed E-state index contributed by atoms with van der Waals surface area (Å²) in [6.45, 7) is 4.77. The highest BCUT2D eigenvalue weighted by atomic mass is 32.1. The third-order valence-corrected chi connectivity index (χ3v) is 10.6. The fraction of sp³-hybridized carbons (Fsp3) is 0.0732. The van der Waals surface area contributed by atoms with E-state index in [9.17, 15) is 0 Å². The van der Waals surface area contributed by atoms with Crippen molar-refractivity contribution in [1.82, 2.24) is 0 Å². The maximum absolute atomic E-state index is 2.52. The molecule has 0 N–H and O–H groups in total. The van der Waals surface area contributed by atoms with Gasteiger partial charge in [-0.25, -0.2) is 0 Å². The van der Waals surface area contributed by atoms with Gasteiger partial charge in [-0.15, -0.1) is 11.3 Å². The summed E-state index contributed by atoms with van der Waals surface area (Å²) in [4.78, 5) is 1.32. The Hall–Kier alpha value is -4.72. The van der Waals surface area contributed by atoms with Crippen LogP contribution >= 0.6 is 11.3 Å². The number of hydrogen-bond donors (Lipinski definition) is 0. The van der Waals surface area contributed by atoms with Gasteiger partial charge in [0.05, 0.1) is 0 Å². The van der Waals surface area contributed by atoms with Crippen LogP contribution in [-0.2, 0) is 5.41 Å². The van der Waals surface area contributed by atoms with Gasteiger partial charge in [0.1, 0.15) is 0 Å². The van der Waals surface area contributed by atoms with Crippen LogP contribution in [0.5, 0.6) is 0 Å². The third kappa shape index (κ3) is 3.17. The van der Waals surface area contributed by atoms with E-state index >= 15 is 0 Å². The van der Waals surface area contributed by atoms with Crippen LogP contribution in [0.15, 0.2) is 133 Å². The normalized spacial score (nSPS) is 13.7. The number of fused-ring (bicyclic) bond motifs is 8. The van der Waals surface area contributed by atoms with Crippen molar-refractivity contribution in [3.05, 3.63) is 145 Å². The molecule has 42 heavy (non-hydrogen) atoms. The lowest BCUT2D eigenvalue weighted by atomic mass is 9.79. The third-order valence-electron chi connectivity index (χ3n) is 9.46. The molecule has 0 nitrogen and oxygen atoms in total. The van der Waals surface area contributed by atoms with E-state index in [1.165, 1.54) is 86.2 Å². The average molecular weight is 553 g/mol. The molecule has 0 radical (unpaired) electrons. The Bertz CT molecular complexity index is 2290. The van der Waals surface area contributed by atoms with Crippen molar-refractivity contribution in [2.24, 2.45) is 0 Å². The topological polar surface area (TPSA) is 0 Å². The monoisotopic (exact) mass is 552 g/mol. The van der Waals surface area contributed by atoms with Crippen molar-refractivity contribution in [2.75, 3.05) is 0 Å². The summed E-state index contributed by atoms with van der Waals surface area (Å²) in [5, 5.41) is 9.19. The number of thiophene rings is 1. The highest BCUT2D eigenvalue weighted by molar-refractivity contribution is 7.22. The van der Waals surface area contributed by atoms with Gasteiger partial charge in [-0.05, 0) is 89.3 Å². The van der Waals surface area contributed by atoms with Gasteiger partial charge in [0.25, 0.3) is 0 Å². The second kappa shape index (κ2) is 8.64. The lowest BCUT2D eigenvalue weighted by Gasteiger charge is -2.24. The maximum atomic E-state index is 2.52. The van der Waals surface area contributed by atoms with E-state index in [4.69, 9.17) is 0 Å². The summed E-state index contributed by atoms with van der Waals surface area (Å²) in [5.74, 6) is 0. The summed E-state index contributed by atoms with van der Waals surface area (Å²) in [6, 6.07) is 49.7. The molecule has 0 atom stereocenters. The van der Waals surface area contributed by atoms with Gasteiger partial charge in [-0.1, -0.05) is 129 Å². The predicted molar refractivity (Wildman–Crippen MR) is 183 cm³/mol. The van der Waals surface area contributed by atoms with Crippen molar-refractivity contribution in [3.8, 4) is 32.7 Å². The van der Waals surface area contributed by atoms with Crippen molar-refractivity contribution in [3.63, 3.8) is 0 Å². The van der Waals surface area contributed by atoms with Crippen LogP contribution in [0.4, 0.5) is 0 Å². The first-order valence-electron chi connectivity index (χ1n) is 14.7. The molecule has 1 heterocycles. The van der Waals surface area contributed by atoms with Crippen LogP contribution in [-0.4, -0.2) is 0 Å². The van der Waals surface area contributed by atoms with Crippen LogP contribution in [0.2, 0.25) is 0 Å². The maximum Gasteiger partial charge on any atom is 0.0367 e. The highest BCUT2D eigenvalue weighted by Crippen LogP contribution is 2.55. The van der Waals surface area contributed by atoms with Crippen molar-refractivity contribution >= 4 is 53.7 Å². The molecule has 1 heteroatoms. The lowest BCUT2D eigenvalue weighted by molar-refractivity contribution is 0.661. The first kappa shape index (κ1) is 23.9. The molecule has 0 unspecified atom stereocenters. The Kier molecular flexibility index (Phi) is 4.93. The Balaban J connectivity index is 1.44. The molecular weight excluding hydrogens is 525 g/mol. The first-order valence-corrected chi connectivity index (χ1v) is 15.5. The minimum absolute atomic E-state index is 0.0761. The molecule has 0 aliphatic heterocycles. The second-order valence-electron chi connectivity index (χ2n) is 12.1. The van der Waals surface area contributed by atoms with E-state index in [0.29, 0.717) is 0 Å². The Labute approximate surface area is 249 Å². The minimum Gasteiger partial charge on any atom is -0.135 e. The molecule has 0 bridgehead atoms. The average Bonchev–Trinajstić information content (AvgIpc) is 3.56. The van der Waals surface area contributed by atoms with E-state index in [1.54, 1.807) is 0 Å². The lowest BCUT2D eigenvalue weighted by Crippen LogP contribution is -2.15. The minimum atomic E-state index is -0.0761. The largest absolute Gasteiger partial charge is 0.135 e. The smallest absolute Gasteiger partial charge is 0.0367 e. The zero-order valence-electron chi connectivity index (χ0n) is 23.6. The van der Waals surface area contributed by atoms with Crippen LogP contribution in [0.1, 0.15) is 25.0 Å². The Morgan fingerprint density at radius 2 is 0.952 bits per heavy atom. The Morgan fingerprint density at radius 3 is 1.62 bits per heavy atom. The number of hydrogen-bond acceptors (Lipinski definition) is 1. The van der Waals surface area contributed by atoms with E-state index in [1.807, 2.05) is 11.3 Å². The highest BCUT2D eigenvalue weighted by Gasteiger charge is 2.37. The summed E-state index contributed by atoms with van der Waals surface area (Å²) in [5.41, 5.74) is 9.51. The standard InChI is InChI=1S/C41H28S/c1-41(2)34-21-11-10-20-32(34)39-27-15-5-4-14-26(27)33(24-35(39)41)38-28-16-6-8-18-30(28)40(31-19-9-7-17-29(31)38)37-23-25-13-3-12-22-36(25)42-37/h3-24H,1-2H3. The number of benzene rings is 7.